The van der Waals surface area contributed by atoms with E-state index in [1.807, 2.05) is 19.9 Å². The van der Waals surface area contributed by atoms with Crippen LogP contribution >= 0.6 is 0 Å². The molecule has 0 amide bonds. The zero-order valence-corrected chi connectivity index (χ0v) is 8.00. The number of nitrogens with zero attached hydrogens (tertiary/aromatic N) is 1. The zero-order chi connectivity index (χ0) is 9.68. The Balaban J connectivity index is 2.66. The summed E-state index contributed by atoms with van der Waals surface area (Å²) in [5.41, 5.74) is 1.79. The van der Waals surface area contributed by atoms with E-state index in [2.05, 4.69) is 4.98 Å². The highest BCUT2D eigenvalue weighted by molar-refractivity contribution is 5.91. The second kappa shape index (κ2) is 4.60. The standard InChI is InChI=1S/C10H14N2O/c1-3-4-13-10(11)9-5-8(2)6-12-7-9/h5-7,11H,3-4H2,1-2H3. The highest BCUT2D eigenvalue weighted by Crippen LogP contribution is 2.03. The number of pyridine rings is 1. The maximum atomic E-state index is 7.57. The first-order valence-electron chi connectivity index (χ1n) is 4.37. The summed E-state index contributed by atoms with van der Waals surface area (Å²) in [6.45, 7) is 4.55. The summed E-state index contributed by atoms with van der Waals surface area (Å²) in [6.07, 6.45) is 4.32. The fourth-order valence-electron chi connectivity index (χ4n) is 0.967. The minimum atomic E-state index is 0.207. The maximum Gasteiger partial charge on any atom is 0.214 e. The van der Waals surface area contributed by atoms with E-state index in [4.69, 9.17) is 10.1 Å². The Kier molecular flexibility index (Phi) is 3.43. The molecule has 0 aliphatic carbocycles. The fourth-order valence-corrected chi connectivity index (χ4v) is 0.967. The van der Waals surface area contributed by atoms with Gasteiger partial charge in [0.25, 0.3) is 0 Å². The third-order valence-corrected chi connectivity index (χ3v) is 1.59. The molecule has 1 rings (SSSR count). The van der Waals surface area contributed by atoms with Crippen molar-refractivity contribution in [2.24, 2.45) is 0 Å². The molecule has 0 aliphatic rings. The molecule has 0 spiro atoms. The van der Waals surface area contributed by atoms with Gasteiger partial charge in [-0.2, -0.15) is 0 Å². The molecule has 3 nitrogen and oxygen atoms in total. The summed E-state index contributed by atoms with van der Waals surface area (Å²) in [4.78, 5) is 3.99. The molecule has 3 heteroatoms. The van der Waals surface area contributed by atoms with E-state index in [1.165, 1.54) is 0 Å². The van der Waals surface area contributed by atoms with Crippen LogP contribution in [0.4, 0.5) is 0 Å². The highest BCUT2D eigenvalue weighted by Gasteiger charge is 2.01. The molecular weight excluding hydrogens is 164 g/mol. The monoisotopic (exact) mass is 178 g/mol. The smallest absolute Gasteiger partial charge is 0.214 e. The molecule has 0 bridgehead atoms. The fraction of sp³-hybridized carbons (Fsp3) is 0.400. The van der Waals surface area contributed by atoms with Gasteiger partial charge in [-0.3, -0.25) is 10.4 Å². The van der Waals surface area contributed by atoms with Gasteiger partial charge < -0.3 is 4.74 Å². The maximum absolute atomic E-state index is 7.57. The summed E-state index contributed by atoms with van der Waals surface area (Å²) in [6, 6.07) is 1.89. The van der Waals surface area contributed by atoms with Crippen molar-refractivity contribution in [1.29, 1.82) is 5.41 Å². The van der Waals surface area contributed by atoms with Gasteiger partial charge in [-0.05, 0) is 25.0 Å². The van der Waals surface area contributed by atoms with Crippen molar-refractivity contribution in [3.63, 3.8) is 0 Å². The first-order valence-corrected chi connectivity index (χ1v) is 4.37. The molecule has 70 valence electrons. The van der Waals surface area contributed by atoms with E-state index < -0.39 is 0 Å². The van der Waals surface area contributed by atoms with Gasteiger partial charge in [0.2, 0.25) is 5.90 Å². The molecule has 0 fully saturated rings. The first-order chi connectivity index (χ1) is 6.24. The van der Waals surface area contributed by atoms with E-state index in [0.717, 1.165) is 17.5 Å². The minimum absolute atomic E-state index is 0.207. The molecule has 0 atom stereocenters. The average molecular weight is 178 g/mol. The number of hydrogen-bond donors (Lipinski definition) is 1. The van der Waals surface area contributed by atoms with E-state index in [9.17, 15) is 0 Å². The molecule has 0 aromatic carbocycles. The largest absolute Gasteiger partial charge is 0.478 e. The molecule has 0 saturated carbocycles. The van der Waals surface area contributed by atoms with Crippen molar-refractivity contribution in [1.82, 2.24) is 4.98 Å². The molecule has 1 N–H and O–H groups in total. The van der Waals surface area contributed by atoms with Crippen molar-refractivity contribution in [2.45, 2.75) is 20.3 Å². The number of aryl methyl sites for hydroxylation is 1. The predicted octanol–water partition coefficient (Wildman–Crippen LogP) is 2.14. The molecule has 0 radical (unpaired) electrons. The van der Waals surface area contributed by atoms with Crippen LogP contribution in [0.2, 0.25) is 0 Å². The van der Waals surface area contributed by atoms with Crippen molar-refractivity contribution >= 4 is 5.90 Å². The molecule has 0 saturated heterocycles. The molecule has 0 aliphatic heterocycles. The van der Waals surface area contributed by atoms with Gasteiger partial charge in [0, 0.05) is 12.4 Å². The minimum Gasteiger partial charge on any atom is -0.478 e. The second-order valence-electron chi connectivity index (χ2n) is 2.93. The van der Waals surface area contributed by atoms with Crippen LogP contribution in [-0.2, 0) is 4.74 Å². The lowest BCUT2D eigenvalue weighted by Gasteiger charge is -2.05. The van der Waals surface area contributed by atoms with E-state index in [0.29, 0.717) is 6.61 Å². The Morgan fingerprint density at radius 1 is 1.54 bits per heavy atom. The van der Waals surface area contributed by atoms with Crippen molar-refractivity contribution in [3.8, 4) is 0 Å². The molecule has 0 unspecified atom stereocenters. The van der Waals surface area contributed by atoms with Gasteiger partial charge in [0.05, 0.1) is 12.2 Å². The van der Waals surface area contributed by atoms with Crippen LogP contribution in [0.3, 0.4) is 0 Å². The van der Waals surface area contributed by atoms with Crippen LogP contribution in [0.5, 0.6) is 0 Å². The molecular formula is C10H14N2O. The summed E-state index contributed by atoms with van der Waals surface area (Å²) in [7, 11) is 0. The Hall–Kier alpha value is -1.38. The average Bonchev–Trinajstić information content (AvgIpc) is 2.14. The number of ether oxygens (including phenoxy) is 1. The normalized spacial score (nSPS) is 9.69. The van der Waals surface area contributed by atoms with Crippen LogP contribution in [0, 0.1) is 12.3 Å². The SMILES string of the molecule is CCCOC(=N)c1cncc(C)c1. The van der Waals surface area contributed by atoms with Gasteiger partial charge >= 0.3 is 0 Å². The van der Waals surface area contributed by atoms with Crippen LogP contribution in [0.1, 0.15) is 24.5 Å². The molecule has 13 heavy (non-hydrogen) atoms. The third-order valence-electron chi connectivity index (χ3n) is 1.59. The summed E-state index contributed by atoms with van der Waals surface area (Å²) in [5, 5.41) is 7.57. The van der Waals surface area contributed by atoms with E-state index in [1.54, 1.807) is 12.4 Å². The Labute approximate surface area is 78.3 Å². The Morgan fingerprint density at radius 2 is 2.31 bits per heavy atom. The van der Waals surface area contributed by atoms with Crippen LogP contribution in [0.15, 0.2) is 18.5 Å². The van der Waals surface area contributed by atoms with Gasteiger partial charge in [0.1, 0.15) is 0 Å². The van der Waals surface area contributed by atoms with Crippen LogP contribution in [0.25, 0.3) is 0 Å². The lowest BCUT2D eigenvalue weighted by atomic mass is 10.2. The molecule has 1 aromatic rings. The van der Waals surface area contributed by atoms with Crippen molar-refractivity contribution in [2.75, 3.05) is 6.61 Å². The Bertz CT molecular complexity index is 297. The topological polar surface area (TPSA) is 46.0 Å². The number of aromatic nitrogens is 1. The first kappa shape index (κ1) is 9.71. The third kappa shape index (κ3) is 2.86. The quantitative estimate of drug-likeness (QED) is 0.569. The zero-order valence-electron chi connectivity index (χ0n) is 8.00. The van der Waals surface area contributed by atoms with Gasteiger partial charge in [-0.15, -0.1) is 0 Å². The Morgan fingerprint density at radius 3 is 2.92 bits per heavy atom. The van der Waals surface area contributed by atoms with Crippen molar-refractivity contribution in [3.05, 3.63) is 29.6 Å². The van der Waals surface area contributed by atoms with Crippen molar-refractivity contribution < 1.29 is 4.74 Å². The lowest BCUT2D eigenvalue weighted by molar-refractivity contribution is 0.303. The van der Waals surface area contributed by atoms with Gasteiger partial charge in [0.15, 0.2) is 0 Å². The number of rotatable bonds is 3. The van der Waals surface area contributed by atoms with E-state index >= 15 is 0 Å². The summed E-state index contributed by atoms with van der Waals surface area (Å²) >= 11 is 0. The number of nitrogens with one attached hydrogen (secondary N) is 1. The highest BCUT2D eigenvalue weighted by atomic mass is 16.5. The molecule has 1 aromatic heterocycles. The summed E-state index contributed by atoms with van der Waals surface area (Å²) in [5.74, 6) is 0.207. The van der Waals surface area contributed by atoms with E-state index in [-0.39, 0.29) is 5.90 Å². The van der Waals surface area contributed by atoms with Gasteiger partial charge in [-0.25, -0.2) is 0 Å². The number of hydrogen-bond acceptors (Lipinski definition) is 3. The molecule has 1 heterocycles. The van der Waals surface area contributed by atoms with Crippen LogP contribution in [-0.4, -0.2) is 17.5 Å². The predicted molar refractivity (Wildman–Crippen MR) is 52.0 cm³/mol. The lowest BCUT2D eigenvalue weighted by Crippen LogP contribution is -2.06. The van der Waals surface area contributed by atoms with Gasteiger partial charge in [-0.1, -0.05) is 6.92 Å². The summed E-state index contributed by atoms with van der Waals surface area (Å²) < 4.78 is 5.18. The van der Waals surface area contributed by atoms with Crippen LogP contribution < -0.4 is 0 Å². The second-order valence-corrected chi connectivity index (χ2v) is 2.93.